The van der Waals surface area contributed by atoms with Crippen LogP contribution in [0.1, 0.15) is 41.5 Å². The van der Waals surface area contributed by atoms with Gasteiger partial charge in [-0.25, -0.2) is 15.0 Å². The van der Waals surface area contributed by atoms with Gasteiger partial charge in [-0.15, -0.1) is 0 Å². The molecule has 0 aliphatic carbocycles. The molecule has 3 rings (SSSR count). The minimum Gasteiger partial charge on any atom is -0.438 e. The first-order valence-corrected chi connectivity index (χ1v) is 16.2. The van der Waals surface area contributed by atoms with Gasteiger partial charge in [-0.2, -0.15) is 8.42 Å². The number of hydrogen-bond donors (Lipinski definition) is 2. The van der Waals surface area contributed by atoms with E-state index in [1.165, 1.54) is 24.8 Å². The molecule has 0 fully saturated rings. The number of nitrogens with zero attached hydrogens (tertiary/aromatic N) is 4. The summed E-state index contributed by atoms with van der Waals surface area (Å²) in [5.74, 6) is -0.842. The maximum atomic E-state index is 13.1. The summed E-state index contributed by atoms with van der Waals surface area (Å²) in [6, 6.07) is 7.42. The van der Waals surface area contributed by atoms with Crippen LogP contribution in [0.3, 0.4) is 0 Å². The largest absolute Gasteiger partial charge is 0.438 e. The van der Waals surface area contributed by atoms with Crippen LogP contribution >= 0.6 is 7.60 Å². The fourth-order valence-corrected chi connectivity index (χ4v) is 4.36. The third kappa shape index (κ3) is 11.9. The molecule has 3 N–H and O–H groups in total. The summed E-state index contributed by atoms with van der Waals surface area (Å²) in [5.41, 5.74) is 5.21. The number of esters is 2. The van der Waals surface area contributed by atoms with Gasteiger partial charge in [-0.05, 0) is 53.7 Å². The van der Waals surface area contributed by atoms with Crippen LogP contribution < -0.4 is 5.73 Å². The van der Waals surface area contributed by atoms with E-state index in [0.29, 0.717) is 17.7 Å². The van der Waals surface area contributed by atoms with Crippen molar-refractivity contribution in [3.05, 3.63) is 43.0 Å². The summed E-state index contributed by atoms with van der Waals surface area (Å²) in [7, 11) is -7.95. The molecule has 44 heavy (non-hydrogen) atoms. The Morgan fingerprint density at radius 3 is 1.95 bits per heavy atom. The van der Waals surface area contributed by atoms with E-state index in [-0.39, 0.29) is 17.3 Å². The minimum atomic E-state index is -4.00. The number of anilines is 1. The topological polar surface area (TPSA) is 221 Å². The van der Waals surface area contributed by atoms with Crippen LogP contribution in [0.4, 0.5) is 5.82 Å². The molecule has 16 nitrogen and oxygen atoms in total. The molecule has 2 heterocycles. The Morgan fingerprint density at radius 1 is 0.932 bits per heavy atom. The molecule has 0 aliphatic heterocycles. The van der Waals surface area contributed by atoms with Crippen molar-refractivity contribution in [2.24, 2.45) is 10.8 Å². The zero-order valence-corrected chi connectivity index (χ0v) is 27.0. The molecule has 0 radical (unpaired) electrons. The molecule has 0 unspecified atom stereocenters. The van der Waals surface area contributed by atoms with Crippen LogP contribution in [-0.2, 0) is 54.1 Å². The molecule has 0 amide bonds. The lowest BCUT2D eigenvalue weighted by molar-refractivity contribution is -0.162. The van der Waals surface area contributed by atoms with Gasteiger partial charge in [0, 0.05) is 6.54 Å². The fourth-order valence-electron chi connectivity index (χ4n) is 2.86. The van der Waals surface area contributed by atoms with Crippen LogP contribution in [0.2, 0.25) is 0 Å². The lowest BCUT2D eigenvalue weighted by atomic mass is 9.98. The number of fused-ring (bicyclic) bond motifs is 1. The molecule has 3 aromatic rings. The van der Waals surface area contributed by atoms with E-state index in [0.717, 1.165) is 0 Å². The van der Waals surface area contributed by atoms with E-state index in [2.05, 4.69) is 15.0 Å². The highest BCUT2D eigenvalue weighted by Gasteiger charge is 2.30. The van der Waals surface area contributed by atoms with Crippen LogP contribution in [0.5, 0.6) is 0 Å². The number of aromatic nitrogens is 4. The van der Waals surface area contributed by atoms with Crippen molar-refractivity contribution >= 4 is 46.6 Å². The normalized spacial score (nSPS) is 12.3. The van der Waals surface area contributed by atoms with E-state index in [1.807, 2.05) is 0 Å². The van der Waals surface area contributed by atoms with Crippen molar-refractivity contribution in [3.63, 3.8) is 0 Å². The third-order valence-electron chi connectivity index (χ3n) is 5.30. The number of carbonyl (C=O) groups excluding carboxylic acids is 2. The van der Waals surface area contributed by atoms with Gasteiger partial charge in [0.25, 0.3) is 10.1 Å². The molecule has 0 bridgehead atoms. The van der Waals surface area contributed by atoms with Gasteiger partial charge < -0.3 is 24.5 Å². The Morgan fingerprint density at radius 2 is 1.48 bits per heavy atom. The maximum absolute atomic E-state index is 13.1. The summed E-state index contributed by atoms with van der Waals surface area (Å²) in [6.07, 6.45) is 2.38. The average Bonchev–Trinajstić information content (AvgIpc) is 3.35. The van der Waals surface area contributed by atoms with Gasteiger partial charge in [0.15, 0.2) is 11.5 Å². The molecule has 18 heteroatoms. The van der Waals surface area contributed by atoms with Crippen molar-refractivity contribution in [1.29, 1.82) is 0 Å². The van der Waals surface area contributed by atoms with Gasteiger partial charge in [0.2, 0.25) is 13.6 Å². The summed E-state index contributed by atoms with van der Waals surface area (Å²) in [6.45, 7) is 9.16. The first-order chi connectivity index (χ1) is 20.3. The van der Waals surface area contributed by atoms with E-state index in [9.17, 15) is 22.6 Å². The predicted octanol–water partition coefficient (Wildman–Crippen LogP) is 3.64. The van der Waals surface area contributed by atoms with Crippen LogP contribution in [0.15, 0.2) is 47.9 Å². The van der Waals surface area contributed by atoms with E-state index in [1.54, 1.807) is 64.3 Å². The van der Waals surface area contributed by atoms with Crippen molar-refractivity contribution < 1.29 is 50.4 Å². The first kappa shape index (κ1) is 36.7. The molecule has 0 atom stereocenters. The Labute approximate surface area is 255 Å². The van der Waals surface area contributed by atoms with Gasteiger partial charge in [0.05, 0.1) is 28.7 Å². The number of nitrogen functional groups attached to an aromatic ring is 1. The number of benzene rings is 1. The zero-order valence-electron chi connectivity index (χ0n) is 25.3. The second kappa shape index (κ2) is 15.5. The van der Waals surface area contributed by atoms with Crippen LogP contribution in [-0.4, -0.2) is 71.0 Å². The maximum Gasteiger partial charge on any atom is 0.361 e. The predicted molar refractivity (Wildman–Crippen MR) is 157 cm³/mol. The summed E-state index contributed by atoms with van der Waals surface area (Å²) < 4.78 is 69.9. The van der Waals surface area contributed by atoms with Gasteiger partial charge in [0.1, 0.15) is 18.2 Å². The van der Waals surface area contributed by atoms with Gasteiger partial charge in [-0.1, -0.05) is 18.2 Å². The third-order valence-corrected chi connectivity index (χ3v) is 7.66. The Hall–Kier alpha value is -3.47. The van der Waals surface area contributed by atoms with Crippen molar-refractivity contribution in [1.82, 2.24) is 19.5 Å². The van der Waals surface area contributed by atoms with Gasteiger partial charge in [-0.3, -0.25) is 27.8 Å². The summed E-state index contributed by atoms with van der Waals surface area (Å²) >= 11 is 0. The summed E-state index contributed by atoms with van der Waals surface area (Å²) in [5, 5.41) is 0. The Kier molecular flexibility index (Phi) is 12.9. The fraction of sp³-hybridized carbons (Fsp3) is 0.500. The Balaban J connectivity index is 0.000000569. The van der Waals surface area contributed by atoms with Crippen molar-refractivity contribution in [2.75, 3.05) is 32.3 Å². The van der Waals surface area contributed by atoms with Crippen molar-refractivity contribution in [3.8, 4) is 0 Å². The standard InChI is InChI=1S/C20H32N5O8P.C6H6O3S/c1-19(2,3)17(26)30-11-32-34(28,33-12-31-18(27)20(4,5)6)13-29-8-7-25-10-24-14-15(21)22-9-23-16(14)25;7-10(8,9)6-4-2-1-3-5-6/h9-10H,7-8,11-13H2,1-6H3,(H2,21,22,23);1-5H,(H,7,8,9). The number of imidazole rings is 1. The molecule has 0 aliphatic rings. The van der Waals surface area contributed by atoms with Crippen LogP contribution in [0, 0.1) is 10.8 Å². The molecule has 244 valence electrons. The van der Waals surface area contributed by atoms with E-state index in [4.69, 9.17) is 33.5 Å². The SMILES string of the molecule is CC(C)(C)C(=O)OCOP(=O)(COCCn1cnc2c(N)ncnc21)OCOC(=O)C(C)(C)C.O=S(=O)(O)c1ccccc1. The highest BCUT2D eigenvalue weighted by molar-refractivity contribution is 7.85. The number of nitrogens with two attached hydrogens (primary N) is 1. The second-order valence-corrected chi connectivity index (χ2v) is 14.6. The number of rotatable bonds is 12. The molecular weight excluding hydrogens is 621 g/mol. The van der Waals surface area contributed by atoms with Gasteiger partial charge >= 0.3 is 19.5 Å². The molecular formula is C26H38N5O11PS. The minimum absolute atomic E-state index is 0.0741. The monoisotopic (exact) mass is 659 g/mol. The number of ether oxygens (including phenoxy) is 3. The quantitative estimate of drug-likeness (QED) is 0.0931. The second-order valence-electron chi connectivity index (χ2n) is 11.2. The number of carbonyl (C=O) groups is 2. The van der Waals surface area contributed by atoms with Crippen LogP contribution in [0.25, 0.3) is 11.2 Å². The lowest BCUT2D eigenvalue weighted by Crippen LogP contribution is -2.25. The van der Waals surface area contributed by atoms with E-state index >= 15 is 0 Å². The molecule has 0 saturated heterocycles. The first-order valence-electron chi connectivity index (χ1n) is 13.1. The van der Waals surface area contributed by atoms with E-state index < -0.39 is 60.4 Å². The lowest BCUT2D eigenvalue weighted by Gasteiger charge is -2.22. The molecule has 2 aromatic heterocycles. The number of hydrogen-bond acceptors (Lipinski definition) is 14. The summed E-state index contributed by atoms with van der Waals surface area (Å²) in [4.78, 5) is 35.9. The van der Waals surface area contributed by atoms with Crippen molar-refractivity contribution in [2.45, 2.75) is 53.0 Å². The molecule has 1 aromatic carbocycles. The highest BCUT2D eigenvalue weighted by atomic mass is 32.2. The molecule has 0 spiro atoms. The smallest absolute Gasteiger partial charge is 0.361 e. The average molecular weight is 660 g/mol. The molecule has 0 saturated carbocycles. The Bertz CT molecular complexity index is 1520. The highest BCUT2D eigenvalue weighted by Crippen LogP contribution is 2.48. The zero-order chi connectivity index (χ0) is 33.2.